The van der Waals surface area contributed by atoms with Crippen LogP contribution in [0.4, 0.5) is 5.82 Å². The third-order valence-electron chi connectivity index (χ3n) is 5.84. The molecule has 6 nitrogen and oxygen atoms in total. The minimum Gasteiger partial charge on any atom is -0.497 e. The lowest BCUT2D eigenvalue weighted by molar-refractivity contribution is 0.0954. The van der Waals surface area contributed by atoms with Crippen LogP contribution in [0.3, 0.4) is 0 Å². The molecular formula is C26H28ClN3O3. The number of nitrogens with zero attached hydrogens (tertiary/aromatic N) is 2. The molecule has 172 valence electrons. The fourth-order valence-corrected chi connectivity index (χ4v) is 4.18. The normalized spacial score (nSPS) is 13.6. The molecule has 0 aliphatic carbocycles. The number of pyridine rings is 1. The van der Waals surface area contributed by atoms with E-state index in [1.807, 2.05) is 42.5 Å². The summed E-state index contributed by atoms with van der Waals surface area (Å²) in [5.41, 5.74) is 4.49. The van der Waals surface area contributed by atoms with Gasteiger partial charge in [-0.05, 0) is 59.9 Å². The van der Waals surface area contributed by atoms with Gasteiger partial charge in [-0.15, -0.1) is 0 Å². The number of aryl methyl sites for hydroxylation is 1. The number of benzene rings is 2. The first-order valence-electron chi connectivity index (χ1n) is 11.1. The molecule has 0 unspecified atom stereocenters. The van der Waals surface area contributed by atoms with Crippen molar-refractivity contribution in [3.63, 3.8) is 0 Å². The first-order valence-corrected chi connectivity index (χ1v) is 11.4. The second-order valence-corrected chi connectivity index (χ2v) is 8.37. The zero-order chi connectivity index (χ0) is 23.2. The van der Waals surface area contributed by atoms with E-state index in [0.29, 0.717) is 36.8 Å². The molecule has 1 aliphatic rings. The number of methoxy groups -OCH3 is 1. The van der Waals surface area contributed by atoms with Crippen molar-refractivity contribution in [1.29, 1.82) is 0 Å². The predicted molar refractivity (Wildman–Crippen MR) is 131 cm³/mol. The van der Waals surface area contributed by atoms with E-state index >= 15 is 0 Å². The van der Waals surface area contributed by atoms with Crippen molar-refractivity contribution >= 4 is 23.3 Å². The van der Waals surface area contributed by atoms with Crippen LogP contribution in [0.1, 0.15) is 21.5 Å². The van der Waals surface area contributed by atoms with Crippen molar-refractivity contribution in [2.75, 3.05) is 44.9 Å². The number of amides is 1. The van der Waals surface area contributed by atoms with Crippen molar-refractivity contribution < 1.29 is 14.3 Å². The Hall–Kier alpha value is -3.09. The number of ether oxygens (including phenoxy) is 2. The zero-order valence-corrected chi connectivity index (χ0v) is 19.7. The molecule has 0 atom stereocenters. The van der Waals surface area contributed by atoms with Gasteiger partial charge >= 0.3 is 0 Å². The van der Waals surface area contributed by atoms with E-state index in [-0.39, 0.29) is 5.91 Å². The van der Waals surface area contributed by atoms with E-state index in [2.05, 4.69) is 28.2 Å². The van der Waals surface area contributed by atoms with Gasteiger partial charge in [-0.3, -0.25) is 4.79 Å². The summed E-state index contributed by atoms with van der Waals surface area (Å²) in [4.78, 5) is 20.0. The minimum absolute atomic E-state index is 0.159. The third kappa shape index (κ3) is 5.46. The second-order valence-electron chi connectivity index (χ2n) is 7.97. The summed E-state index contributed by atoms with van der Waals surface area (Å²) in [6.07, 6.45) is 2.28. The number of rotatable bonds is 7. The lowest BCUT2D eigenvalue weighted by Gasteiger charge is -2.28. The summed E-state index contributed by atoms with van der Waals surface area (Å²) in [6.45, 7) is 5.42. The van der Waals surface area contributed by atoms with Gasteiger partial charge in [-0.25, -0.2) is 4.98 Å². The number of morpholine rings is 1. The number of anilines is 1. The molecule has 0 radical (unpaired) electrons. The molecule has 4 rings (SSSR count). The molecule has 1 aliphatic heterocycles. The van der Waals surface area contributed by atoms with E-state index in [0.717, 1.165) is 46.9 Å². The Balaban J connectivity index is 1.57. The van der Waals surface area contributed by atoms with Crippen molar-refractivity contribution in [1.82, 2.24) is 10.3 Å². The number of carbonyl (C=O) groups is 1. The van der Waals surface area contributed by atoms with Crippen LogP contribution >= 0.6 is 11.6 Å². The van der Waals surface area contributed by atoms with Gasteiger partial charge in [0.05, 0.1) is 25.9 Å². The Bertz CT molecular complexity index is 1130. The number of halogens is 1. The second kappa shape index (κ2) is 10.7. The van der Waals surface area contributed by atoms with E-state index in [9.17, 15) is 4.79 Å². The molecule has 2 aromatic carbocycles. The molecule has 1 N–H and O–H groups in total. The molecule has 3 aromatic rings. The molecule has 1 aromatic heterocycles. The fourth-order valence-electron chi connectivity index (χ4n) is 3.96. The quantitative estimate of drug-likeness (QED) is 0.555. The lowest BCUT2D eigenvalue weighted by Crippen LogP contribution is -2.37. The Morgan fingerprint density at radius 3 is 2.70 bits per heavy atom. The summed E-state index contributed by atoms with van der Waals surface area (Å²) in [5.74, 6) is 1.44. The summed E-state index contributed by atoms with van der Waals surface area (Å²) >= 11 is 6.31. The van der Waals surface area contributed by atoms with Crippen molar-refractivity contribution in [2.24, 2.45) is 0 Å². The van der Waals surface area contributed by atoms with Gasteiger partial charge in [-0.1, -0.05) is 35.9 Å². The number of nitrogens with one attached hydrogen (secondary N) is 1. The van der Waals surface area contributed by atoms with E-state index in [1.54, 1.807) is 13.3 Å². The van der Waals surface area contributed by atoms with E-state index in [1.165, 1.54) is 0 Å². The predicted octanol–water partition coefficient (Wildman–Crippen LogP) is 4.53. The number of hydrogen-bond donors (Lipinski definition) is 1. The lowest BCUT2D eigenvalue weighted by atomic mass is 9.96. The summed E-state index contributed by atoms with van der Waals surface area (Å²) in [6, 6.07) is 15.6. The molecule has 0 bridgehead atoms. The Morgan fingerprint density at radius 1 is 1.15 bits per heavy atom. The maximum absolute atomic E-state index is 13.2. The molecule has 1 fully saturated rings. The summed E-state index contributed by atoms with van der Waals surface area (Å²) in [5, 5.41) is 3.68. The Labute approximate surface area is 199 Å². The SMILES string of the molecule is COc1ccc(Cl)c(CCNC(=O)c2cnc(N3CCOCC3)cc2-c2ccccc2C)c1. The first kappa shape index (κ1) is 23.1. The zero-order valence-electron chi connectivity index (χ0n) is 18.9. The van der Waals surface area contributed by atoms with Crippen LogP contribution in [0.5, 0.6) is 5.75 Å². The molecule has 0 spiro atoms. The van der Waals surface area contributed by atoms with Gasteiger partial charge in [0.25, 0.3) is 5.91 Å². The first-order chi connectivity index (χ1) is 16.1. The standard InChI is InChI=1S/C26H28ClN3O3/c1-18-5-3-4-6-21(18)22-16-25(30-11-13-33-14-12-30)29-17-23(22)26(31)28-10-9-19-15-20(32-2)7-8-24(19)27/h3-8,15-17H,9-14H2,1-2H3,(H,28,31). The van der Waals surface area contributed by atoms with Crippen LogP contribution in [0.2, 0.25) is 5.02 Å². The molecule has 1 saturated heterocycles. The van der Waals surface area contributed by atoms with E-state index < -0.39 is 0 Å². The van der Waals surface area contributed by atoms with Crippen molar-refractivity contribution in [3.05, 3.63) is 76.4 Å². The van der Waals surface area contributed by atoms with Crippen LogP contribution < -0.4 is 15.0 Å². The molecular weight excluding hydrogens is 438 g/mol. The van der Waals surface area contributed by atoms with Crippen LogP contribution in [-0.2, 0) is 11.2 Å². The Kier molecular flexibility index (Phi) is 7.47. The highest BCUT2D eigenvalue weighted by Crippen LogP contribution is 2.30. The highest BCUT2D eigenvalue weighted by atomic mass is 35.5. The average molecular weight is 466 g/mol. The van der Waals surface area contributed by atoms with Crippen LogP contribution in [0.25, 0.3) is 11.1 Å². The van der Waals surface area contributed by atoms with E-state index in [4.69, 9.17) is 21.1 Å². The molecule has 33 heavy (non-hydrogen) atoms. The number of carbonyl (C=O) groups excluding carboxylic acids is 1. The number of aromatic nitrogens is 1. The maximum Gasteiger partial charge on any atom is 0.253 e. The average Bonchev–Trinajstić information content (AvgIpc) is 2.85. The monoisotopic (exact) mass is 465 g/mol. The molecule has 0 saturated carbocycles. The van der Waals surface area contributed by atoms with Crippen LogP contribution in [-0.4, -0.2) is 50.8 Å². The highest BCUT2D eigenvalue weighted by Gasteiger charge is 2.19. The van der Waals surface area contributed by atoms with Crippen molar-refractivity contribution in [3.8, 4) is 16.9 Å². The third-order valence-corrected chi connectivity index (χ3v) is 6.21. The number of hydrogen-bond acceptors (Lipinski definition) is 5. The highest BCUT2D eigenvalue weighted by molar-refractivity contribution is 6.31. The molecule has 1 amide bonds. The molecule has 2 heterocycles. The Morgan fingerprint density at radius 2 is 1.94 bits per heavy atom. The smallest absolute Gasteiger partial charge is 0.253 e. The van der Waals surface area contributed by atoms with Crippen LogP contribution in [0.15, 0.2) is 54.7 Å². The summed E-state index contributed by atoms with van der Waals surface area (Å²) in [7, 11) is 1.62. The minimum atomic E-state index is -0.159. The van der Waals surface area contributed by atoms with Gasteiger partial charge in [0.2, 0.25) is 0 Å². The fraction of sp³-hybridized carbons (Fsp3) is 0.308. The van der Waals surface area contributed by atoms with Gasteiger partial charge in [0, 0.05) is 30.9 Å². The largest absolute Gasteiger partial charge is 0.497 e. The van der Waals surface area contributed by atoms with Gasteiger partial charge in [0.1, 0.15) is 11.6 Å². The summed E-state index contributed by atoms with van der Waals surface area (Å²) < 4.78 is 10.7. The van der Waals surface area contributed by atoms with Gasteiger partial charge in [0.15, 0.2) is 0 Å². The van der Waals surface area contributed by atoms with Gasteiger partial charge < -0.3 is 19.7 Å². The van der Waals surface area contributed by atoms with Crippen molar-refractivity contribution in [2.45, 2.75) is 13.3 Å². The van der Waals surface area contributed by atoms with Gasteiger partial charge in [-0.2, -0.15) is 0 Å². The maximum atomic E-state index is 13.2. The van der Waals surface area contributed by atoms with Crippen LogP contribution in [0, 0.1) is 6.92 Å². The topological polar surface area (TPSA) is 63.7 Å². The molecule has 7 heteroatoms.